The van der Waals surface area contributed by atoms with Gasteiger partial charge in [0.1, 0.15) is 11.9 Å². The molecule has 4 amide bonds. The minimum atomic E-state index is -0.594. The molecule has 3 aromatic rings. The lowest BCUT2D eigenvalue weighted by Crippen LogP contribution is -2.50. The van der Waals surface area contributed by atoms with E-state index in [1.54, 1.807) is 49.2 Å². The van der Waals surface area contributed by atoms with Crippen molar-refractivity contribution in [1.29, 1.82) is 0 Å². The Labute approximate surface area is 231 Å². The summed E-state index contributed by atoms with van der Waals surface area (Å²) in [5.74, 6) is -1.26. The lowest BCUT2D eigenvalue weighted by molar-refractivity contribution is 0.0372. The largest absolute Gasteiger partial charge is 0.485 e. The lowest BCUT2D eigenvalue weighted by atomic mass is 9.99. The molecule has 0 bridgehead atoms. The van der Waals surface area contributed by atoms with Crippen LogP contribution in [0, 0.1) is 11.7 Å². The number of hydrogen-bond donors (Lipinski definition) is 3. The molecular weight excluding hydrogens is 517 g/mol. The van der Waals surface area contributed by atoms with Gasteiger partial charge in [-0.3, -0.25) is 14.6 Å². The first kappa shape index (κ1) is 28.5. The van der Waals surface area contributed by atoms with E-state index >= 15 is 0 Å². The van der Waals surface area contributed by atoms with Crippen molar-refractivity contribution in [3.8, 4) is 5.75 Å². The van der Waals surface area contributed by atoms with Gasteiger partial charge in [-0.2, -0.15) is 0 Å². The van der Waals surface area contributed by atoms with E-state index in [1.807, 2.05) is 6.92 Å². The summed E-state index contributed by atoms with van der Waals surface area (Å²) >= 11 is 0. The van der Waals surface area contributed by atoms with E-state index in [1.165, 1.54) is 41.6 Å². The van der Waals surface area contributed by atoms with Crippen LogP contribution in [-0.2, 0) is 0 Å². The monoisotopic (exact) mass is 549 g/mol. The van der Waals surface area contributed by atoms with E-state index < -0.39 is 29.9 Å². The molecule has 0 saturated carbocycles. The van der Waals surface area contributed by atoms with Crippen LogP contribution >= 0.6 is 0 Å². The second kappa shape index (κ2) is 12.6. The van der Waals surface area contributed by atoms with E-state index in [-0.39, 0.29) is 42.8 Å². The summed E-state index contributed by atoms with van der Waals surface area (Å²) in [6, 6.07) is 12.5. The molecule has 1 aliphatic heterocycles. The predicted octanol–water partition coefficient (Wildman–Crippen LogP) is 3.86. The number of nitrogens with zero attached hydrogens (tertiary/aromatic N) is 3. The maximum atomic E-state index is 13.6. The van der Waals surface area contributed by atoms with Crippen LogP contribution in [0.15, 0.2) is 67.0 Å². The number of anilines is 2. The Morgan fingerprint density at radius 3 is 2.52 bits per heavy atom. The SMILES string of the molecule is C[C@H](CO)N1C[C@H](C)[C@H](CN(C)C(=O)Nc2ccc(F)cc2)Oc2c(NC(=O)c3ccncc3)cccc2C1=O. The van der Waals surface area contributed by atoms with Gasteiger partial charge in [-0.05, 0) is 55.5 Å². The number of carbonyl (C=O) groups is 3. The number of rotatable bonds is 7. The van der Waals surface area contributed by atoms with Crippen molar-refractivity contribution in [2.75, 3.05) is 37.4 Å². The third kappa shape index (κ3) is 6.55. The number of para-hydroxylation sites is 1. The van der Waals surface area contributed by atoms with Crippen molar-refractivity contribution in [2.24, 2.45) is 5.92 Å². The molecule has 0 saturated heterocycles. The molecule has 4 rings (SSSR count). The third-order valence-electron chi connectivity index (χ3n) is 6.78. The highest BCUT2D eigenvalue weighted by Gasteiger charge is 2.35. The van der Waals surface area contributed by atoms with Crippen molar-refractivity contribution in [1.82, 2.24) is 14.8 Å². The minimum absolute atomic E-state index is 0.135. The van der Waals surface area contributed by atoms with Gasteiger partial charge in [0, 0.05) is 43.2 Å². The summed E-state index contributed by atoms with van der Waals surface area (Å²) in [7, 11) is 1.60. The maximum absolute atomic E-state index is 13.6. The molecule has 210 valence electrons. The van der Waals surface area contributed by atoms with Gasteiger partial charge in [-0.25, -0.2) is 9.18 Å². The second-order valence-electron chi connectivity index (χ2n) is 9.81. The Morgan fingerprint density at radius 1 is 1.15 bits per heavy atom. The highest BCUT2D eigenvalue weighted by Crippen LogP contribution is 2.35. The van der Waals surface area contributed by atoms with Crippen LogP contribution < -0.4 is 15.4 Å². The Morgan fingerprint density at radius 2 is 1.85 bits per heavy atom. The zero-order chi connectivity index (χ0) is 28.8. The van der Waals surface area contributed by atoms with Crippen LogP contribution in [0.1, 0.15) is 34.6 Å². The van der Waals surface area contributed by atoms with Gasteiger partial charge in [-0.1, -0.05) is 13.0 Å². The van der Waals surface area contributed by atoms with Crippen LogP contribution in [0.4, 0.5) is 20.6 Å². The van der Waals surface area contributed by atoms with Gasteiger partial charge in [0.15, 0.2) is 5.75 Å². The number of benzene rings is 2. The van der Waals surface area contributed by atoms with E-state index in [0.717, 1.165) is 0 Å². The Balaban J connectivity index is 1.64. The summed E-state index contributed by atoms with van der Waals surface area (Å²) in [6.07, 6.45) is 2.41. The summed E-state index contributed by atoms with van der Waals surface area (Å²) in [5, 5.41) is 15.4. The summed E-state index contributed by atoms with van der Waals surface area (Å²) in [5.41, 5.74) is 1.33. The molecule has 3 atom stereocenters. The molecule has 1 aliphatic rings. The van der Waals surface area contributed by atoms with Crippen LogP contribution in [0.2, 0.25) is 0 Å². The average Bonchev–Trinajstić information content (AvgIpc) is 2.96. The number of aliphatic hydroxyl groups excluding tert-OH is 1. The number of aromatic nitrogens is 1. The molecule has 2 heterocycles. The zero-order valence-electron chi connectivity index (χ0n) is 22.5. The van der Waals surface area contributed by atoms with E-state index in [9.17, 15) is 23.9 Å². The maximum Gasteiger partial charge on any atom is 0.321 e. The molecule has 0 radical (unpaired) electrons. The number of amides is 4. The Kier molecular flexibility index (Phi) is 8.95. The Hall–Kier alpha value is -4.51. The summed E-state index contributed by atoms with van der Waals surface area (Å²) in [6.45, 7) is 3.81. The number of nitrogens with one attached hydrogen (secondary N) is 2. The van der Waals surface area contributed by atoms with Crippen LogP contribution in [0.25, 0.3) is 0 Å². The first-order valence-electron chi connectivity index (χ1n) is 12.9. The van der Waals surface area contributed by atoms with Crippen molar-refractivity contribution < 1.29 is 28.6 Å². The fourth-order valence-electron chi connectivity index (χ4n) is 4.36. The van der Waals surface area contributed by atoms with Gasteiger partial charge >= 0.3 is 6.03 Å². The van der Waals surface area contributed by atoms with Gasteiger partial charge in [0.05, 0.1) is 30.4 Å². The second-order valence-corrected chi connectivity index (χ2v) is 9.81. The van der Waals surface area contributed by atoms with E-state index in [0.29, 0.717) is 16.9 Å². The summed E-state index contributed by atoms with van der Waals surface area (Å²) < 4.78 is 19.7. The van der Waals surface area contributed by atoms with Gasteiger partial charge in [0.2, 0.25) is 0 Å². The molecule has 0 aliphatic carbocycles. The van der Waals surface area contributed by atoms with E-state index in [2.05, 4.69) is 15.6 Å². The van der Waals surface area contributed by atoms with Crippen molar-refractivity contribution in [3.05, 3.63) is 83.9 Å². The smallest absolute Gasteiger partial charge is 0.321 e. The molecule has 11 heteroatoms. The van der Waals surface area contributed by atoms with Crippen LogP contribution in [-0.4, -0.2) is 76.6 Å². The molecule has 2 aromatic carbocycles. The van der Waals surface area contributed by atoms with Crippen LogP contribution in [0.5, 0.6) is 5.75 Å². The molecule has 3 N–H and O–H groups in total. The van der Waals surface area contributed by atoms with Gasteiger partial charge in [0.25, 0.3) is 11.8 Å². The number of ether oxygens (including phenoxy) is 1. The third-order valence-corrected chi connectivity index (χ3v) is 6.78. The lowest BCUT2D eigenvalue weighted by Gasteiger charge is -2.38. The number of carbonyl (C=O) groups excluding carboxylic acids is 3. The average molecular weight is 550 g/mol. The summed E-state index contributed by atoms with van der Waals surface area (Å²) in [4.78, 5) is 46.4. The first-order valence-corrected chi connectivity index (χ1v) is 12.9. The molecule has 0 unspecified atom stereocenters. The quantitative estimate of drug-likeness (QED) is 0.411. The standard InChI is InChI=1S/C29H32FN5O5/c1-18-15-35(19(2)17-36)28(38)23-5-4-6-24(33-27(37)20-11-13-31-14-12-20)26(23)40-25(18)16-34(3)29(39)32-22-9-7-21(30)8-10-22/h4-14,18-19,25,36H,15-17H2,1-3H3,(H,32,39)(H,33,37)/t18-,19+,25-/m0/s1. The van der Waals surface area contributed by atoms with Gasteiger partial charge < -0.3 is 30.3 Å². The van der Waals surface area contributed by atoms with Gasteiger partial charge in [-0.15, -0.1) is 0 Å². The van der Waals surface area contributed by atoms with Crippen molar-refractivity contribution in [2.45, 2.75) is 26.0 Å². The number of likely N-dealkylation sites (N-methyl/N-ethyl adjacent to an activating group) is 1. The van der Waals surface area contributed by atoms with Crippen molar-refractivity contribution >= 4 is 29.2 Å². The molecule has 0 spiro atoms. The Bertz CT molecular complexity index is 1350. The van der Waals surface area contributed by atoms with Crippen molar-refractivity contribution in [3.63, 3.8) is 0 Å². The minimum Gasteiger partial charge on any atom is -0.485 e. The normalized spacial score (nSPS) is 17.5. The molecule has 1 aromatic heterocycles. The number of hydrogen-bond acceptors (Lipinski definition) is 6. The molecular formula is C29H32FN5O5. The zero-order valence-corrected chi connectivity index (χ0v) is 22.5. The first-order chi connectivity index (χ1) is 19.2. The number of pyridine rings is 1. The highest BCUT2D eigenvalue weighted by molar-refractivity contribution is 6.07. The molecule has 10 nitrogen and oxygen atoms in total. The number of aliphatic hydroxyl groups is 1. The fourth-order valence-corrected chi connectivity index (χ4v) is 4.36. The predicted molar refractivity (Wildman–Crippen MR) is 148 cm³/mol. The number of fused-ring (bicyclic) bond motifs is 1. The van der Waals surface area contributed by atoms with Crippen LogP contribution in [0.3, 0.4) is 0 Å². The number of halogens is 1. The fraction of sp³-hybridized carbons (Fsp3) is 0.310. The highest BCUT2D eigenvalue weighted by atomic mass is 19.1. The topological polar surface area (TPSA) is 124 Å². The number of urea groups is 1. The molecule has 40 heavy (non-hydrogen) atoms. The van der Waals surface area contributed by atoms with E-state index in [4.69, 9.17) is 4.74 Å². The molecule has 0 fully saturated rings.